The summed E-state index contributed by atoms with van der Waals surface area (Å²) >= 11 is 0. The van der Waals surface area contributed by atoms with Crippen molar-refractivity contribution in [3.63, 3.8) is 0 Å². The highest BCUT2D eigenvalue weighted by molar-refractivity contribution is 8.13. The van der Waals surface area contributed by atoms with Gasteiger partial charge in [0.25, 0.3) is 0 Å². The van der Waals surface area contributed by atoms with Gasteiger partial charge in [0, 0.05) is 42.7 Å². The first-order valence-electron chi connectivity index (χ1n) is 8.39. The molecule has 132 valence electrons. The van der Waals surface area contributed by atoms with Crippen molar-refractivity contribution < 1.29 is 13.2 Å². The van der Waals surface area contributed by atoms with Crippen molar-refractivity contribution >= 4 is 25.6 Å². The Hall–Kier alpha value is -1.11. The molecule has 2 heterocycles. The highest BCUT2D eigenvalue weighted by Crippen LogP contribution is 2.23. The van der Waals surface area contributed by atoms with Crippen molar-refractivity contribution in [2.75, 3.05) is 25.4 Å². The van der Waals surface area contributed by atoms with Crippen molar-refractivity contribution in [3.8, 4) is 0 Å². The summed E-state index contributed by atoms with van der Waals surface area (Å²) in [6.07, 6.45) is 2.84. The molecule has 1 aromatic carbocycles. The molecule has 1 amide bonds. The van der Waals surface area contributed by atoms with Crippen LogP contribution in [0.1, 0.15) is 30.4 Å². The maximum atomic E-state index is 12.1. The number of hydrogen-bond donors (Lipinski definition) is 0. The summed E-state index contributed by atoms with van der Waals surface area (Å²) in [6, 6.07) is 8.36. The minimum absolute atomic E-state index is 0.00135. The van der Waals surface area contributed by atoms with Gasteiger partial charge in [-0.05, 0) is 37.1 Å². The number of hydrogen-bond acceptors (Lipinski definition) is 4. The maximum Gasteiger partial charge on any atom is 0.232 e. The van der Waals surface area contributed by atoms with E-state index in [1.54, 1.807) is 4.90 Å². The lowest BCUT2D eigenvalue weighted by atomic mass is 10.1. The molecular weight excluding hydrogens is 348 g/mol. The summed E-state index contributed by atoms with van der Waals surface area (Å²) in [5, 5.41) is 0. The molecule has 1 atom stereocenters. The first kappa shape index (κ1) is 17.7. The molecule has 3 rings (SSSR count). The standard InChI is InChI=1S/C17H23ClN2O3S/c18-24(22,23)13-16-9-17(21)20(12-16)11-15-5-3-14(4-6-15)10-19-7-1-2-8-19/h3-6,16H,1-2,7-13H2. The van der Waals surface area contributed by atoms with Gasteiger partial charge in [-0.2, -0.15) is 0 Å². The Morgan fingerprint density at radius 2 is 1.62 bits per heavy atom. The van der Waals surface area contributed by atoms with E-state index >= 15 is 0 Å². The summed E-state index contributed by atoms with van der Waals surface area (Å²) < 4.78 is 22.3. The highest BCUT2D eigenvalue weighted by Gasteiger charge is 2.32. The predicted molar refractivity (Wildman–Crippen MR) is 94.1 cm³/mol. The van der Waals surface area contributed by atoms with E-state index in [0.717, 1.165) is 12.1 Å². The van der Waals surface area contributed by atoms with Gasteiger partial charge in [-0.3, -0.25) is 9.69 Å². The number of halogens is 1. The molecule has 0 spiro atoms. The van der Waals surface area contributed by atoms with Crippen LogP contribution in [0.3, 0.4) is 0 Å². The number of carbonyl (C=O) groups excluding carboxylic acids is 1. The maximum absolute atomic E-state index is 12.1. The van der Waals surface area contributed by atoms with Crippen molar-refractivity contribution in [3.05, 3.63) is 35.4 Å². The van der Waals surface area contributed by atoms with Crippen LogP contribution in [-0.4, -0.2) is 49.5 Å². The molecular formula is C17H23ClN2O3S. The molecule has 5 nitrogen and oxygen atoms in total. The molecule has 2 saturated heterocycles. The molecule has 2 fully saturated rings. The first-order valence-corrected chi connectivity index (χ1v) is 10.9. The number of nitrogens with zero attached hydrogens (tertiary/aromatic N) is 2. The van der Waals surface area contributed by atoms with E-state index in [2.05, 4.69) is 29.2 Å². The molecule has 0 bridgehead atoms. The van der Waals surface area contributed by atoms with Crippen LogP contribution in [0.15, 0.2) is 24.3 Å². The first-order chi connectivity index (χ1) is 11.4. The van der Waals surface area contributed by atoms with Gasteiger partial charge in [0.1, 0.15) is 0 Å². The Morgan fingerprint density at radius 1 is 1.04 bits per heavy atom. The number of benzene rings is 1. The normalized spacial score (nSPS) is 22.5. The van der Waals surface area contributed by atoms with Crippen molar-refractivity contribution in [2.24, 2.45) is 5.92 Å². The molecule has 0 radical (unpaired) electrons. The van der Waals surface area contributed by atoms with Crippen LogP contribution in [0, 0.1) is 5.92 Å². The lowest BCUT2D eigenvalue weighted by molar-refractivity contribution is -0.128. The number of rotatable bonds is 6. The van der Waals surface area contributed by atoms with Crippen LogP contribution < -0.4 is 0 Å². The van der Waals surface area contributed by atoms with Gasteiger partial charge in [0.2, 0.25) is 15.0 Å². The van der Waals surface area contributed by atoms with Crippen LogP contribution in [0.25, 0.3) is 0 Å². The largest absolute Gasteiger partial charge is 0.338 e. The Labute approximate surface area is 148 Å². The molecule has 0 saturated carbocycles. The van der Waals surface area contributed by atoms with Crippen LogP contribution in [-0.2, 0) is 26.9 Å². The van der Waals surface area contributed by atoms with Gasteiger partial charge in [-0.25, -0.2) is 8.42 Å². The second-order valence-corrected chi connectivity index (χ2v) is 9.67. The zero-order valence-electron chi connectivity index (χ0n) is 13.7. The highest BCUT2D eigenvalue weighted by atomic mass is 35.7. The fraction of sp³-hybridized carbons (Fsp3) is 0.588. The molecule has 24 heavy (non-hydrogen) atoms. The van der Waals surface area contributed by atoms with Crippen molar-refractivity contribution in [2.45, 2.75) is 32.4 Å². The zero-order chi connectivity index (χ0) is 17.2. The summed E-state index contributed by atoms with van der Waals surface area (Å²) in [5.74, 6) is -0.332. The molecule has 1 aromatic rings. The molecule has 2 aliphatic heterocycles. The summed E-state index contributed by atoms with van der Waals surface area (Å²) in [7, 11) is 1.74. The number of carbonyl (C=O) groups is 1. The summed E-state index contributed by atoms with van der Waals surface area (Å²) in [4.78, 5) is 16.2. The minimum atomic E-state index is -3.56. The fourth-order valence-corrected chi connectivity index (χ4v) is 4.89. The van der Waals surface area contributed by atoms with Crippen LogP contribution in [0.5, 0.6) is 0 Å². The van der Waals surface area contributed by atoms with Gasteiger partial charge in [-0.15, -0.1) is 0 Å². The third kappa shape index (κ3) is 4.94. The van der Waals surface area contributed by atoms with E-state index in [-0.39, 0.29) is 24.0 Å². The van der Waals surface area contributed by atoms with E-state index in [1.807, 2.05) is 0 Å². The van der Waals surface area contributed by atoms with E-state index in [4.69, 9.17) is 10.7 Å². The topological polar surface area (TPSA) is 57.7 Å². The lowest BCUT2D eigenvalue weighted by Gasteiger charge is -2.18. The predicted octanol–water partition coefficient (Wildman–Crippen LogP) is 2.20. The summed E-state index contributed by atoms with van der Waals surface area (Å²) in [6.45, 7) is 4.32. The third-order valence-electron chi connectivity index (χ3n) is 4.73. The Bertz CT molecular complexity index is 684. The molecule has 2 aliphatic rings. The van der Waals surface area contributed by atoms with Crippen LogP contribution in [0.4, 0.5) is 0 Å². The van der Waals surface area contributed by atoms with Gasteiger partial charge < -0.3 is 4.90 Å². The van der Waals surface area contributed by atoms with E-state index in [9.17, 15) is 13.2 Å². The van der Waals surface area contributed by atoms with E-state index < -0.39 is 9.05 Å². The molecule has 7 heteroatoms. The zero-order valence-corrected chi connectivity index (χ0v) is 15.2. The lowest BCUT2D eigenvalue weighted by Crippen LogP contribution is -2.25. The van der Waals surface area contributed by atoms with E-state index in [0.29, 0.717) is 13.1 Å². The number of likely N-dealkylation sites (tertiary alicyclic amines) is 2. The second kappa shape index (κ2) is 7.42. The minimum Gasteiger partial charge on any atom is -0.338 e. The van der Waals surface area contributed by atoms with E-state index in [1.165, 1.54) is 31.5 Å². The average Bonchev–Trinajstić information content (AvgIpc) is 3.10. The second-order valence-electron chi connectivity index (χ2n) is 6.85. The Kier molecular flexibility index (Phi) is 5.47. The SMILES string of the molecule is O=C1CC(CS(=O)(=O)Cl)CN1Cc1ccc(CN2CCCC2)cc1. The Morgan fingerprint density at radius 3 is 2.21 bits per heavy atom. The van der Waals surface area contributed by atoms with Gasteiger partial charge in [0.05, 0.1) is 5.75 Å². The number of amides is 1. The molecule has 1 unspecified atom stereocenters. The molecule has 0 aliphatic carbocycles. The van der Waals surface area contributed by atoms with Gasteiger partial charge in [-0.1, -0.05) is 24.3 Å². The third-order valence-corrected chi connectivity index (χ3v) is 5.98. The average molecular weight is 371 g/mol. The van der Waals surface area contributed by atoms with Crippen LogP contribution >= 0.6 is 10.7 Å². The monoisotopic (exact) mass is 370 g/mol. The van der Waals surface area contributed by atoms with Gasteiger partial charge >= 0.3 is 0 Å². The van der Waals surface area contributed by atoms with Crippen molar-refractivity contribution in [1.29, 1.82) is 0 Å². The quantitative estimate of drug-likeness (QED) is 0.720. The fourth-order valence-electron chi connectivity index (χ4n) is 3.57. The smallest absolute Gasteiger partial charge is 0.232 e. The van der Waals surface area contributed by atoms with Crippen molar-refractivity contribution in [1.82, 2.24) is 9.80 Å². The summed E-state index contributed by atoms with van der Waals surface area (Å²) in [5.41, 5.74) is 2.36. The molecule has 0 aromatic heterocycles. The van der Waals surface area contributed by atoms with Crippen LogP contribution in [0.2, 0.25) is 0 Å². The van der Waals surface area contributed by atoms with Gasteiger partial charge in [0.15, 0.2) is 0 Å². The molecule has 0 N–H and O–H groups in total. The Balaban J connectivity index is 1.54.